The van der Waals surface area contributed by atoms with Gasteiger partial charge in [0, 0.05) is 24.5 Å². The number of nitrogens with zero attached hydrogens (tertiary/aromatic N) is 2. The molecular formula is C13H14N2O3. The Morgan fingerprint density at radius 3 is 1.72 bits per heavy atom. The Labute approximate surface area is 104 Å². The molecule has 94 valence electrons. The second-order valence-electron chi connectivity index (χ2n) is 4.04. The van der Waals surface area contributed by atoms with Crippen LogP contribution in [0.15, 0.2) is 58.4 Å². The number of pyridine rings is 2. The summed E-state index contributed by atoms with van der Waals surface area (Å²) in [6, 6.07) is 9.61. The molecule has 0 aliphatic carbocycles. The second-order valence-corrected chi connectivity index (χ2v) is 4.04. The molecule has 0 saturated carbocycles. The maximum Gasteiger partial charge on any atom is 0.250 e. The summed E-state index contributed by atoms with van der Waals surface area (Å²) in [5.41, 5.74) is -0.339. The fraction of sp³-hybridized carbons (Fsp3) is 0.231. The monoisotopic (exact) mass is 246 g/mol. The fourth-order valence-electron chi connectivity index (χ4n) is 1.73. The summed E-state index contributed by atoms with van der Waals surface area (Å²) >= 11 is 0. The first-order chi connectivity index (χ1) is 8.66. The summed E-state index contributed by atoms with van der Waals surface area (Å²) in [5, 5.41) is 9.89. The molecular weight excluding hydrogens is 232 g/mol. The van der Waals surface area contributed by atoms with Gasteiger partial charge < -0.3 is 14.2 Å². The first-order valence-electron chi connectivity index (χ1n) is 5.66. The second kappa shape index (κ2) is 5.46. The molecule has 0 bridgehead atoms. The van der Waals surface area contributed by atoms with Crippen molar-refractivity contribution in [1.29, 1.82) is 0 Å². The summed E-state index contributed by atoms with van der Waals surface area (Å²) in [6.45, 7) is 0.335. The van der Waals surface area contributed by atoms with Crippen LogP contribution < -0.4 is 11.1 Å². The first-order valence-corrected chi connectivity index (χ1v) is 5.66. The van der Waals surface area contributed by atoms with Gasteiger partial charge >= 0.3 is 0 Å². The number of aliphatic hydroxyl groups excluding tert-OH is 1. The summed E-state index contributed by atoms with van der Waals surface area (Å²) in [5.74, 6) is 0. The third-order valence-corrected chi connectivity index (χ3v) is 2.61. The molecule has 0 aliphatic heterocycles. The van der Waals surface area contributed by atoms with Crippen molar-refractivity contribution in [3.63, 3.8) is 0 Å². The number of rotatable bonds is 4. The average molecular weight is 246 g/mol. The normalized spacial score (nSPS) is 10.8. The van der Waals surface area contributed by atoms with Crippen molar-refractivity contribution in [2.75, 3.05) is 0 Å². The number of aromatic nitrogens is 2. The van der Waals surface area contributed by atoms with Crippen molar-refractivity contribution in [2.45, 2.75) is 19.2 Å². The molecule has 0 fully saturated rings. The maximum absolute atomic E-state index is 11.5. The fourth-order valence-corrected chi connectivity index (χ4v) is 1.73. The minimum absolute atomic E-state index is 0.168. The molecule has 0 amide bonds. The Balaban J connectivity index is 2.08. The quantitative estimate of drug-likeness (QED) is 0.830. The van der Waals surface area contributed by atoms with Crippen molar-refractivity contribution in [3.8, 4) is 0 Å². The Kier molecular flexibility index (Phi) is 3.74. The van der Waals surface area contributed by atoms with Gasteiger partial charge in [-0.1, -0.05) is 12.1 Å². The van der Waals surface area contributed by atoms with Crippen molar-refractivity contribution >= 4 is 0 Å². The molecule has 0 atom stereocenters. The summed E-state index contributed by atoms with van der Waals surface area (Å²) in [4.78, 5) is 22.9. The Bertz CT molecular complexity index is 575. The summed E-state index contributed by atoms with van der Waals surface area (Å²) < 4.78 is 2.83. The molecule has 0 spiro atoms. The topological polar surface area (TPSA) is 64.2 Å². The molecule has 2 aromatic heterocycles. The van der Waals surface area contributed by atoms with Gasteiger partial charge in [-0.2, -0.15) is 0 Å². The van der Waals surface area contributed by atoms with E-state index in [-0.39, 0.29) is 24.2 Å². The number of hydrogen-bond donors (Lipinski definition) is 1. The molecule has 0 unspecified atom stereocenters. The third kappa shape index (κ3) is 2.95. The average Bonchev–Trinajstić information content (AvgIpc) is 2.35. The lowest BCUT2D eigenvalue weighted by Crippen LogP contribution is -2.31. The van der Waals surface area contributed by atoms with Crippen molar-refractivity contribution in [3.05, 3.63) is 69.5 Å². The smallest absolute Gasteiger partial charge is 0.250 e. The van der Waals surface area contributed by atoms with E-state index in [1.54, 1.807) is 36.7 Å². The molecule has 2 rings (SSSR count). The van der Waals surface area contributed by atoms with E-state index in [9.17, 15) is 14.7 Å². The van der Waals surface area contributed by atoms with Gasteiger partial charge in [0.15, 0.2) is 0 Å². The maximum atomic E-state index is 11.5. The highest BCUT2D eigenvalue weighted by Gasteiger charge is 2.07. The van der Waals surface area contributed by atoms with Gasteiger partial charge in [0.05, 0.1) is 19.2 Å². The van der Waals surface area contributed by atoms with Crippen LogP contribution in [0.25, 0.3) is 0 Å². The van der Waals surface area contributed by atoms with E-state index in [1.165, 1.54) is 21.3 Å². The molecule has 2 aromatic rings. The first kappa shape index (κ1) is 12.3. The van der Waals surface area contributed by atoms with Crippen LogP contribution in [-0.2, 0) is 13.1 Å². The zero-order valence-electron chi connectivity index (χ0n) is 9.77. The van der Waals surface area contributed by atoms with Gasteiger partial charge in [-0.15, -0.1) is 0 Å². The van der Waals surface area contributed by atoms with Crippen LogP contribution in [0.2, 0.25) is 0 Å². The third-order valence-electron chi connectivity index (χ3n) is 2.61. The molecule has 0 radical (unpaired) electrons. The Morgan fingerprint density at radius 1 is 0.889 bits per heavy atom. The van der Waals surface area contributed by atoms with E-state index in [1.807, 2.05) is 0 Å². The lowest BCUT2D eigenvalue weighted by Gasteiger charge is -2.13. The van der Waals surface area contributed by atoms with Crippen LogP contribution in [0, 0.1) is 0 Å². The minimum Gasteiger partial charge on any atom is -0.389 e. The van der Waals surface area contributed by atoms with Crippen LogP contribution in [0.4, 0.5) is 0 Å². The molecule has 2 heterocycles. The van der Waals surface area contributed by atoms with Gasteiger partial charge in [0.2, 0.25) is 0 Å². The molecule has 5 nitrogen and oxygen atoms in total. The minimum atomic E-state index is -0.787. The summed E-state index contributed by atoms with van der Waals surface area (Å²) in [6.07, 6.45) is 2.43. The van der Waals surface area contributed by atoms with Gasteiger partial charge in [-0.05, 0) is 12.1 Å². The van der Waals surface area contributed by atoms with Crippen molar-refractivity contribution in [1.82, 2.24) is 9.13 Å². The van der Waals surface area contributed by atoms with Crippen LogP contribution in [0.3, 0.4) is 0 Å². The zero-order chi connectivity index (χ0) is 13.0. The molecule has 0 saturated heterocycles. The molecule has 0 aromatic carbocycles. The van der Waals surface area contributed by atoms with Gasteiger partial charge in [-0.3, -0.25) is 9.59 Å². The van der Waals surface area contributed by atoms with E-state index < -0.39 is 6.10 Å². The molecule has 1 N–H and O–H groups in total. The zero-order valence-corrected chi connectivity index (χ0v) is 9.77. The van der Waals surface area contributed by atoms with Gasteiger partial charge in [0.1, 0.15) is 0 Å². The largest absolute Gasteiger partial charge is 0.389 e. The van der Waals surface area contributed by atoms with E-state index >= 15 is 0 Å². The number of hydrogen-bond acceptors (Lipinski definition) is 3. The van der Waals surface area contributed by atoms with E-state index in [0.29, 0.717) is 0 Å². The van der Waals surface area contributed by atoms with Crippen LogP contribution in [0.1, 0.15) is 0 Å². The Hall–Kier alpha value is -2.14. The van der Waals surface area contributed by atoms with Crippen molar-refractivity contribution in [2.24, 2.45) is 0 Å². The molecule has 18 heavy (non-hydrogen) atoms. The molecule has 5 heteroatoms. The molecule has 0 aliphatic rings. The van der Waals surface area contributed by atoms with E-state index in [0.717, 1.165) is 0 Å². The van der Waals surface area contributed by atoms with Gasteiger partial charge in [0.25, 0.3) is 11.1 Å². The number of aliphatic hydroxyl groups is 1. The SMILES string of the molecule is O=c1ccccn1CC(O)Cn1ccccc1=O. The highest BCUT2D eigenvalue weighted by atomic mass is 16.3. The Morgan fingerprint density at radius 2 is 1.33 bits per heavy atom. The van der Waals surface area contributed by atoms with Crippen molar-refractivity contribution < 1.29 is 5.11 Å². The van der Waals surface area contributed by atoms with E-state index in [4.69, 9.17) is 0 Å². The van der Waals surface area contributed by atoms with Gasteiger partial charge in [-0.25, -0.2) is 0 Å². The lowest BCUT2D eigenvalue weighted by molar-refractivity contribution is 0.132. The predicted octanol–water partition coefficient (Wildman–Crippen LogP) is 0.0711. The van der Waals surface area contributed by atoms with Crippen LogP contribution >= 0.6 is 0 Å². The predicted molar refractivity (Wildman–Crippen MR) is 67.4 cm³/mol. The van der Waals surface area contributed by atoms with E-state index in [2.05, 4.69) is 0 Å². The van der Waals surface area contributed by atoms with Crippen LogP contribution in [0.5, 0.6) is 0 Å². The standard InChI is InChI=1S/C13H14N2O3/c16-11(9-14-7-3-1-5-12(14)17)10-15-8-4-2-6-13(15)18/h1-8,11,16H,9-10H2. The highest BCUT2D eigenvalue weighted by molar-refractivity contribution is 4.95. The van der Waals surface area contributed by atoms with Crippen LogP contribution in [-0.4, -0.2) is 20.3 Å². The lowest BCUT2D eigenvalue weighted by atomic mass is 10.3. The highest BCUT2D eigenvalue weighted by Crippen LogP contribution is 1.93. The summed E-state index contributed by atoms with van der Waals surface area (Å²) in [7, 11) is 0.